The van der Waals surface area contributed by atoms with Crippen LogP contribution in [0.15, 0.2) is 24.3 Å². The molecule has 0 saturated carbocycles. The van der Waals surface area contributed by atoms with Crippen LogP contribution < -0.4 is 5.32 Å². The van der Waals surface area contributed by atoms with Gasteiger partial charge in [0.2, 0.25) is 5.91 Å². The molecule has 0 spiro atoms. The van der Waals surface area contributed by atoms with Gasteiger partial charge in [-0.15, -0.1) is 11.3 Å². The molecule has 0 atom stereocenters. The van der Waals surface area contributed by atoms with Crippen LogP contribution in [0.2, 0.25) is 0 Å². The number of fused-ring (bicyclic) bond motifs is 2. The monoisotopic (exact) mass is 366 g/mol. The Labute approximate surface area is 155 Å². The van der Waals surface area contributed by atoms with Crippen molar-refractivity contribution in [2.45, 2.75) is 38.5 Å². The van der Waals surface area contributed by atoms with E-state index in [2.05, 4.69) is 11.4 Å². The van der Waals surface area contributed by atoms with Crippen molar-refractivity contribution in [2.24, 2.45) is 5.41 Å². The average molecular weight is 366 g/mol. The van der Waals surface area contributed by atoms with Gasteiger partial charge in [-0.2, -0.15) is 5.26 Å². The molecule has 2 aliphatic rings. The molecule has 0 unspecified atom stereocenters. The van der Waals surface area contributed by atoms with Gasteiger partial charge in [0, 0.05) is 11.3 Å². The summed E-state index contributed by atoms with van der Waals surface area (Å²) < 4.78 is 0. The minimum absolute atomic E-state index is 0.0928. The van der Waals surface area contributed by atoms with Gasteiger partial charge >= 0.3 is 5.97 Å². The van der Waals surface area contributed by atoms with E-state index in [1.165, 1.54) is 11.3 Å². The molecule has 0 saturated heterocycles. The Balaban J connectivity index is 1.55. The molecule has 0 aliphatic heterocycles. The summed E-state index contributed by atoms with van der Waals surface area (Å²) in [6.07, 6.45) is 3.49. The van der Waals surface area contributed by atoms with Gasteiger partial charge in [0.1, 0.15) is 11.1 Å². The number of amides is 1. The number of carboxylic acids is 1. The number of aryl methyl sites for hydroxylation is 1. The molecule has 1 aromatic carbocycles. The third-order valence-corrected chi connectivity index (χ3v) is 6.62. The van der Waals surface area contributed by atoms with Gasteiger partial charge in [0.05, 0.1) is 11.0 Å². The topological polar surface area (TPSA) is 90.2 Å². The standard InChI is InChI=1S/C20H18N2O3S/c21-11-15-14-6-3-7-16(14)26-18(15)22-17(23)10-20(19(24)25)8-12-4-1-2-5-13(12)9-20/h1-2,4-5H,3,6-10H2,(H,22,23)(H,24,25). The Morgan fingerprint density at radius 1 is 1.23 bits per heavy atom. The Bertz CT molecular complexity index is 929. The van der Waals surface area contributed by atoms with E-state index in [0.29, 0.717) is 23.4 Å². The fraction of sp³-hybridized carbons (Fsp3) is 0.350. The Morgan fingerprint density at radius 2 is 1.92 bits per heavy atom. The summed E-state index contributed by atoms with van der Waals surface area (Å²) in [6, 6.07) is 9.84. The minimum atomic E-state index is -1.11. The lowest BCUT2D eigenvalue weighted by atomic mass is 9.81. The Morgan fingerprint density at radius 3 is 2.54 bits per heavy atom. The molecule has 26 heavy (non-hydrogen) atoms. The van der Waals surface area contributed by atoms with Crippen LogP contribution in [0.4, 0.5) is 5.00 Å². The highest BCUT2D eigenvalue weighted by atomic mass is 32.1. The third-order valence-electron chi connectivity index (χ3n) is 5.41. The zero-order chi connectivity index (χ0) is 18.3. The number of nitrogens with one attached hydrogen (secondary N) is 1. The second-order valence-electron chi connectivity index (χ2n) is 7.11. The second-order valence-corrected chi connectivity index (χ2v) is 8.21. The Kier molecular flexibility index (Phi) is 4.04. The highest BCUT2D eigenvalue weighted by Gasteiger charge is 2.45. The van der Waals surface area contributed by atoms with Crippen molar-refractivity contribution in [2.75, 3.05) is 5.32 Å². The predicted octanol–water partition coefficient (Wildman–Crippen LogP) is 3.31. The number of aliphatic carboxylic acids is 1. The molecule has 0 fully saturated rings. The fourth-order valence-corrected chi connectivity index (χ4v) is 5.39. The molecule has 2 aromatic rings. The number of carbonyl (C=O) groups excluding carboxylic acids is 1. The zero-order valence-corrected chi connectivity index (χ0v) is 15.0. The summed E-state index contributed by atoms with van der Waals surface area (Å²) in [5.41, 5.74) is 2.48. The summed E-state index contributed by atoms with van der Waals surface area (Å²) in [6.45, 7) is 0. The molecule has 1 aromatic heterocycles. The number of thiophene rings is 1. The first-order valence-electron chi connectivity index (χ1n) is 8.67. The van der Waals surface area contributed by atoms with Crippen molar-refractivity contribution >= 4 is 28.2 Å². The summed E-state index contributed by atoms with van der Waals surface area (Å²) >= 11 is 1.45. The quantitative estimate of drug-likeness (QED) is 0.869. The van der Waals surface area contributed by atoms with E-state index in [0.717, 1.165) is 40.8 Å². The maximum absolute atomic E-state index is 12.6. The van der Waals surface area contributed by atoms with Crippen LogP contribution in [-0.4, -0.2) is 17.0 Å². The first-order chi connectivity index (χ1) is 12.5. The van der Waals surface area contributed by atoms with Crippen molar-refractivity contribution < 1.29 is 14.7 Å². The van der Waals surface area contributed by atoms with Crippen LogP contribution in [0.5, 0.6) is 0 Å². The van der Waals surface area contributed by atoms with Crippen LogP contribution in [0.25, 0.3) is 0 Å². The zero-order valence-electron chi connectivity index (χ0n) is 14.2. The lowest BCUT2D eigenvalue weighted by Gasteiger charge is -2.23. The van der Waals surface area contributed by atoms with E-state index in [1.807, 2.05) is 24.3 Å². The van der Waals surface area contributed by atoms with Crippen molar-refractivity contribution in [3.05, 3.63) is 51.4 Å². The molecule has 1 heterocycles. The van der Waals surface area contributed by atoms with Crippen LogP contribution in [0, 0.1) is 16.7 Å². The summed E-state index contributed by atoms with van der Waals surface area (Å²) in [7, 11) is 0. The highest BCUT2D eigenvalue weighted by Crippen LogP contribution is 2.42. The van der Waals surface area contributed by atoms with Gasteiger partial charge in [-0.05, 0) is 48.8 Å². The van der Waals surface area contributed by atoms with Crippen LogP contribution >= 0.6 is 11.3 Å². The number of hydrogen-bond acceptors (Lipinski definition) is 4. The van der Waals surface area contributed by atoms with Gasteiger partial charge in [0.25, 0.3) is 0 Å². The highest BCUT2D eigenvalue weighted by molar-refractivity contribution is 7.16. The SMILES string of the molecule is N#Cc1c(NC(=O)CC2(C(=O)O)Cc3ccccc3C2)sc2c1CCC2. The van der Waals surface area contributed by atoms with E-state index in [-0.39, 0.29) is 12.3 Å². The molecule has 1 amide bonds. The van der Waals surface area contributed by atoms with E-state index >= 15 is 0 Å². The number of anilines is 1. The number of rotatable bonds is 4. The molecule has 0 radical (unpaired) electrons. The fourth-order valence-electron chi connectivity index (χ4n) is 4.13. The van der Waals surface area contributed by atoms with E-state index < -0.39 is 11.4 Å². The average Bonchev–Trinajstić information content (AvgIpc) is 3.26. The smallest absolute Gasteiger partial charge is 0.310 e. The summed E-state index contributed by atoms with van der Waals surface area (Å²) in [4.78, 5) is 25.8. The number of carbonyl (C=O) groups is 2. The van der Waals surface area contributed by atoms with Crippen LogP contribution in [0.1, 0.15) is 40.0 Å². The van der Waals surface area contributed by atoms with Gasteiger partial charge < -0.3 is 10.4 Å². The first kappa shape index (κ1) is 16.8. The van der Waals surface area contributed by atoms with Crippen molar-refractivity contribution in [1.82, 2.24) is 0 Å². The van der Waals surface area contributed by atoms with Gasteiger partial charge in [-0.3, -0.25) is 9.59 Å². The lowest BCUT2D eigenvalue weighted by molar-refractivity contribution is -0.150. The number of benzene rings is 1. The van der Waals surface area contributed by atoms with E-state index in [1.54, 1.807) is 0 Å². The Hall–Kier alpha value is -2.65. The molecule has 0 bridgehead atoms. The summed E-state index contributed by atoms with van der Waals surface area (Å²) in [5, 5.41) is 22.6. The third kappa shape index (κ3) is 2.69. The summed E-state index contributed by atoms with van der Waals surface area (Å²) in [5.74, 6) is -1.28. The minimum Gasteiger partial charge on any atom is -0.481 e. The van der Waals surface area contributed by atoms with Crippen molar-refractivity contribution in [3.63, 3.8) is 0 Å². The molecule has 6 heteroatoms. The van der Waals surface area contributed by atoms with E-state index in [4.69, 9.17) is 0 Å². The number of carboxylic acid groups (broad SMARTS) is 1. The lowest BCUT2D eigenvalue weighted by Crippen LogP contribution is -2.36. The first-order valence-corrected chi connectivity index (χ1v) is 9.49. The van der Waals surface area contributed by atoms with E-state index in [9.17, 15) is 20.0 Å². The number of nitrogens with zero attached hydrogens (tertiary/aromatic N) is 1. The number of hydrogen-bond donors (Lipinski definition) is 2. The molecule has 132 valence electrons. The molecular formula is C20H18N2O3S. The van der Waals surface area contributed by atoms with Crippen LogP contribution in [-0.2, 0) is 35.3 Å². The molecule has 2 N–H and O–H groups in total. The molecule has 4 rings (SSSR count). The normalized spacial score (nSPS) is 16.6. The van der Waals surface area contributed by atoms with Gasteiger partial charge in [-0.1, -0.05) is 24.3 Å². The largest absolute Gasteiger partial charge is 0.481 e. The molecule has 5 nitrogen and oxygen atoms in total. The molecular weight excluding hydrogens is 348 g/mol. The maximum Gasteiger partial charge on any atom is 0.310 e. The predicted molar refractivity (Wildman–Crippen MR) is 98.2 cm³/mol. The molecule has 2 aliphatic carbocycles. The maximum atomic E-state index is 12.6. The van der Waals surface area contributed by atoms with Gasteiger partial charge in [0.15, 0.2) is 0 Å². The number of nitriles is 1. The van der Waals surface area contributed by atoms with Crippen molar-refractivity contribution in [1.29, 1.82) is 5.26 Å². The van der Waals surface area contributed by atoms with Crippen molar-refractivity contribution in [3.8, 4) is 6.07 Å². The van der Waals surface area contributed by atoms with Crippen LogP contribution in [0.3, 0.4) is 0 Å². The second kappa shape index (κ2) is 6.26. The van der Waals surface area contributed by atoms with Gasteiger partial charge in [-0.25, -0.2) is 0 Å².